The van der Waals surface area contributed by atoms with Gasteiger partial charge in [-0.25, -0.2) is 4.79 Å². The molecule has 1 aromatic carbocycles. The molecular formula is C19H24O8. The molecule has 148 valence electrons. The molecule has 8 heteroatoms. The van der Waals surface area contributed by atoms with Gasteiger partial charge in [0.1, 0.15) is 25.8 Å². The van der Waals surface area contributed by atoms with Crippen LogP contribution in [0.15, 0.2) is 42.5 Å². The molecule has 8 nitrogen and oxygen atoms in total. The molecule has 1 aliphatic rings. The lowest BCUT2D eigenvalue weighted by Crippen LogP contribution is -2.48. The largest absolute Gasteiger partial charge is 0.455 e. The Morgan fingerprint density at radius 1 is 1.15 bits per heavy atom. The fraction of sp³-hybridized carbons (Fsp3) is 0.474. The molecule has 0 spiro atoms. The summed E-state index contributed by atoms with van der Waals surface area (Å²) in [5.74, 6) is -1.04. The number of ether oxygens (including phenoxy) is 6. The van der Waals surface area contributed by atoms with Crippen molar-refractivity contribution in [3.63, 3.8) is 0 Å². The van der Waals surface area contributed by atoms with Crippen molar-refractivity contribution in [1.29, 1.82) is 0 Å². The minimum Gasteiger partial charge on any atom is -0.455 e. The van der Waals surface area contributed by atoms with Crippen molar-refractivity contribution in [2.24, 2.45) is 0 Å². The zero-order chi connectivity index (χ0) is 19.6. The van der Waals surface area contributed by atoms with Crippen molar-refractivity contribution in [3.05, 3.63) is 48.0 Å². The van der Waals surface area contributed by atoms with Crippen LogP contribution in [-0.4, -0.2) is 58.1 Å². The van der Waals surface area contributed by atoms with E-state index in [0.29, 0.717) is 5.56 Å². The van der Waals surface area contributed by atoms with E-state index in [0.717, 1.165) is 0 Å². The second-order valence-corrected chi connectivity index (χ2v) is 5.78. The first kappa shape index (κ1) is 21.0. The van der Waals surface area contributed by atoms with Crippen LogP contribution in [0.4, 0.5) is 0 Å². The van der Waals surface area contributed by atoms with E-state index in [9.17, 15) is 9.59 Å². The quantitative estimate of drug-likeness (QED) is 0.448. The van der Waals surface area contributed by atoms with Crippen molar-refractivity contribution >= 4 is 11.9 Å². The topological polar surface area (TPSA) is 89.5 Å². The van der Waals surface area contributed by atoms with Gasteiger partial charge in [-0.1, -0.05) is 30.3 Å². The molecule has 4 atom stereocenters. The van der Waals surface area contributed by atoms with Crippen LogP contribution < -0.4 is 0 Å². The van der Waals surface area contributed by atoms with Crippen LogP contribution in [0, 0.1) is 0 Å². The standard InChI is InChI=1S/C19H24O8/c1-13(20)26-17(14-7-5-4-6-8-14)19(25-12-23-3)18-15(24-11-22-2)9-10-16(21)27-18/h4-10,15,17-19H,11-12H2,1-3H3/t15-,17-,18?,19+/m0/s1. The van der Waals surface area contributed by atoms with E-state index in [-0.39, 0.29) is 13.6 Å². The SMILES string of the molecule is COCO[C@H]1C=CC(=O)OC1[C@H](OCOC)[C@@H](OC(C)=O)c1ccccc1. The van der Waals surface area contributed by atoms with Crippen molar-refractivity contribution in [2.75, 3.05) is 27.8 Å². The molecule has 0 fully saturated rings. The van der Waals surface area contributed by atoms with Gasteiger partial charge in [-0.15, -0.1) is 0 Å². The summed E-state index contributed by atoms with van der Waals surface area (Å²) in [5, 5.41) is 0. The third-order valence-electron chi connectivity index (χ3n) is 3.80. The summed E-state index contributed by atoms with van der Waals surface area (Å²) in [7, 11) is 2.95. The van der Waals surface area contributed by atoms with Gasteiger partial charge in [0.15, 0.2) is 12.2 Å². The maximum atomic E-state index is 11.9. The van der Waals surface area contributed by atoms with E-state index in [4.69, 9.17) is 28.4 Å². The summed E-state index contributed by atoms with van der Waals surface area (Å²) in [6.45, 7) is 1.20. The first-order valence-corrected chi connectivity index (χ1v) is 8.39. The molecule has 0 radical (unpaired) electrons. The van der Waals surface area contributed by atoms with Crippen LogP contribution in [0.25, 0.3) is 0 Å². The van der Waals surface area contributed by atoms with Gasteiger partial charge in [0.2, 0.25) is 0 Å². The first-order valence-electron chi connectivity index (χ1n) is 8.39. The van der Waals surface area contributed by atoms with E-state index in [1.54, 1.807) is 18.2 Å². The summed E-state index contributed by atoms with van der Waals surface area (Å²) >= 11 is 0. The van der Waals surface area contributed by atoms with Gasteiger partial charge in [0.05, 0.1) is 0 Å². The zero-order valence-corrected chi connectivity index (χ0v) is 15.5. The molecule has 1 aromatic rings. The third kappa shape index (κ3) is 6.14. The fourth-order valence-electron chi connectivity index (χ4n) is 2.72. The monoisotopic (exact) mass is 380 g/mol. The Hall–Kier alpha value is -2.26. The molecule has 1 aliphatic heterocycles. The lowest BCUT2D eigenvalue weighted by Gasteiger charge is -2.36. The van der Waals surface area contributed by atoms with E-state index < -0.39 is 36.4 Å². The number of hydrogen-bond donors (Lipinski definition) is 0. The average molecular weight is 380 g/mol. The molecule has 0 bridgehead atoms. The average Bonchev–Trinajstić information content (AvgIpc) is 2.67. The Morgan fingerprint density at radius 3 is 2.48 bits per heavy atom. The first-order chi connectivity index (χ1) is 13.1. The van der Waals surface area contributed by atoms with Crippen LogP contribution in [0.2, 0.25) is 0 Å². The summed E-state index contributed by atoms with van der Waals surface area (Å²) in [4.78, 5) is 23.6. The van der Waals surface area contributed by atoms with E-state index in [2.05, 4.69) is 0 Å². The number of carbonyl (C=O) groups is 2. The summed E-state index contributed by atoms with van der Waals surface area (Å²) < 4.78 is 32.3. The van der Waals surface area contributed by atoms with Crippen LogP contribution in [0.5, 0.6) is 0 Å². The number of esters is 2. The van der Waals surface area contributed by atoms with Crippen LogP contribution in [-0.2, 0) is 38.0 Å². The van der Waals surface area contributed by atoms with Crippen LogP contribution in [0.3, 0.4) is 0 Å². The molecule has 0 amide bonds. The van der Waals surface area contributed by atoms with Crippen molar-refractivity contribution < 1.29 is 38.0 Å². The molecular weight excluding hydrogens is 356 g/mol. The summed E-state index contributed by atoms with van der Waals surface area (Å²) in [6.07, 6.45) is -0.394. The second-order valence-electron chi connectivity index (χ2n) is 5.78. The lowest BCUT2D eigenvalue weighted by atomic mass is 9.95. The third-order valence-corrected chi connectivity index (χ3v) is 3.80. The Bertz CT molecular complexity index is 630. The van der Waals surface area contributed by atoms with Gasteiger partial charge in [0, 0.05) is 27.2 Å². The number of cyclic esters (lactones) is 1. The minimum atomic E-state index is -0.877. The molecule has 1 unspecified atom stereocenters. The lowest BCUT2D eigenvalue weighted by molar-refractivity contribution is -0.210. The molecule has 27 heavy (non-hydrogen) atoms. The number of methoxy groups -OCH3 is 2. The van der Waals surface area contributed by atoms with Crippen molar-refractivity contribution in [1.82, 2.24) is 0 Å². The maximum Gasteiger partial charge on any atom is 0.330 e. The Labute approximate surface area is 157 Å². The van der Waals surface area contributed by atoms with E-state index in [1.165, 1.54) is 27.2 Å². The molecule has 0 aliphatic carbocycles. The second kappa shape index (κ2) is 10.8. The predicted octanol–water partition coefficient (Wildman–Crippen LogP) is 1.75. The highest BCUT2D eigenvalue weighted by Crippen LogP contribution is 2.31. The van der Waals surface area contributed by atoms with E-state index >= 15 is 0 Å². The number of rotatable bonds is 10. The van der Waals surface area contributed by atoms with Gasteiger partial charge >= 0.3 is 11.9 Å². The Balaban J connectivity index is 2.37. The molecule has 1 heterocycles. The van der Waals surface area contributed by atoms with Gasteiger partial charge in [-0.2, -0.15) is 0 Å². The summed E-state index contributed by atoms with van der Waals surface area (Å²) in [6, 6.07) is 9.05. The van der Waals surface area contributed by atoms with Gasteiger partial charge in [-0.3, -0.25) is 4.79 Å². The molecule has 0 N–H and O–H groups in total. The number of hydrogen-bond acceptors (Lipinski definition) is 8. The molecule has 0 saturated heterocycles. The van der Waals surface area contributed by atoms with Gasteiger partial charge in [0.25, 0.3) is 0 Å². The highest BCUT2D eigenvalue weighted by molar-refractivity contribution is 5.83. The van der Waals surface area contributed by atoms with Crippen LogP contribution >= 0.6 is 0 Å². The van der Waals surface area contributed by atoms with Crippen molar-refractivity contribution in [2.45, 2.75) is 31.3 Å². The smallest absolute Gasteiger partial charge is 0.330 e. The van der Waals surface area contributed by atoms with Crippen LogP contribution in [0.1, 0.15) is 18.6 Å². The van der Waals surface area contributed by atoms with E-state index in [1.807, 2.05) is 18.2 Å². The molecule has 0 aromatic heterocycles. The Kier molecular flexibility index (Phi) is 8.41. The van der Waals surface area contributed by atoms with Crippen molar-refractivity contribution in [3.8, 4) is 0 Å². The minimum absolute atomic E-state index is 0.0103. The molecule has 0 saturated carbocycles. The summed E-state index contributed by atoms with van der Waals surface area (Å²) in [5.41, 5.74) is 0.685. The maximum absolute atomic E-state index is 11.9. The predicted molar refractivity (Wildman–Crippen MR) is 93.5 cm³/mol. The number of benzene rings is 1. The molecule has 2 rings (SSSR count). The van der Waals surface area contributed by atoms with Gasteiger partial charge in [-0.05, 0) is 11.6 Å². The van der Waals surface area contributed by atoms with Gasteiger partial charge < -0.3 is 28.4 Å². The highest BCUT2D eigenvalue weighted by Gasteiger charge is 2.42. The Morgan fingerprint density at radius 2 is 1.85 bits per heavy atom. The fourth-order valence-corrected chi connectivity index (χ4v) is 2.72. The number of carbonyl (C=O) groups excluding carboxylic acids is 2. The normalized spacial score (nSPS) is 21.4. The zero-order valence-electron chi connectivity index (χ0n) is 15.5. The highest BCUT2D eigenvalue weighted by atomic mass is 16.7.